The first kappa shape index (κ1) is 28.5. The molecule has 0 atom stereocenters. The molecule has 0 amide bonds. The van der Waals surface area contributed by atoms with E-state index in [0.29, 0.717) is 12.0 Å². The highest BCUT2D eigenvalue weighted by molar-refractivity contribution is 5.81. The smallest absolute Gasteiger partial charge is 0.336 e. The Morgan fingerprint density at radius 2 is 1.45 bits per heavy atom. The van der Waals surface area contributed by atoms with Gasteiger partial charge in [-0.15, -0.1) is 0 Å². The van der Waals surface area contributed by atoms with Gasteiger partial charge in [0.25, 0.3) is 0 Å². The number of carbonyl (C=O) groups is 1. The lowest BCUT2D eigenvalue weighted by atomic mass is 10.1. The van der Waals surface area contributed by atoms with Gasteiger partial charge in [0.2, 0.25) is 0 Å². The second kappa shape index (κ2) is 17.9. The van der Waals surface area contributed by atoms with E-state index in [0.717, 1.165) is 23.8 Å². The quantitative estimate of drug-likeness (QED) is 0.161. The first-order chi connectivity index (χ1) is 15.9. The largest absolute Gasteiger partial charge is 0.508 e. The van der Waals surface area contributed by atoms with Crippen molar-refractivity contribution in [2.75, 3.05) is 0 Å². The number of hydrogen-bond acceptors (Lipinski definition) is 4. The number of hydrogen-bond donors (Lipinski definition) is 2. The Morgan fingerprint density at radius 1 is 0.879 bits per heavy atom. The third-order valence-corrected chi connectivity index (χ3v) is 5.59. The number of carboxylic acid groups (broad SMARTS) is 1. The molecule has 0 unspecified atom stereocenters. The zero-order valence-corrected chi connectivity index (χ0v) is 20.5. The number of carboxylic acids is 1. The Kier molecular flexibility index (Phi) is 15.5. The summed E-state index contributed by atoms with van der Waals surface area (Å²) in [4.78, 5) is 21.3. The molecule has 1 aromatic carbocycles. The molecule has 0 aliphatic rings. The van der Waals surface area contributed by atoms with Gasteiger partial charge >= 0.3 is 11.6 Å². The minimum Gasteiger partial charge on any atom is -0.508 e. The molecule has 0 aliphatic carbocycles. The van der Waals surface area contributed by atoms with Gasteiger partial charge < -0.3 is 14.6 Å². The summed E-state index contributed by atoms with van der Waals surface area (Å²) in [6, 6.07) is 6.15. The average molecular weight is 459 g/mol. The lowest BCUT2D eigenvalue weighted by molar-refractivity contribution is -0.137. The molecule has 184 valence electrons. The second-order valence-corrected chi connectivity index (χ2v) is 8.66. The van der Waals surface area contributed by atoms with Gasteiger partial charge in [0.05, 0.1) is 0 Å². The van der Waals surface area contributed by atoms with Gasteiger partial charge in [0.1, 0.15) is 11.3 Å². The van der Waals surface area contributed by atoms with Gasteiger partial charge in [-0.3, -0.25) is 4.79 Å². The molecule has 5 nitrogen and oxygen atoms in total. The first-order valence-corrected chi connectivity index (χ1v) is 12.5. The summed E-state index contributed by atoms with van der Waals surface area (Å²) in [5.41, 5.74) is 0.881. The van der Waals surface area contributed by atoms with Gasteiger partial charge in [0.15, 0.2) is 0 Å². The first-order valence-electron chi connectivity index (χ1n) is 12.5. The van der Waals surface area contributed by atoms with Gasteiger partial charge in [0, 0.05) is 23.9 Å². The standard InChI is InChI=1S/C18H34O2.C10H8O3/c1-2-3-4-5-6-7-8-9-10-11-12-13-14-15-16-17-18(19)20;1-6-4-10(12)13-9-5-7(11)2-3-8(6)9/h9-10H,2-8,11-17H2,1H3,(H,19,20);2-5,11H,1H3/b10-9-;. The lowest BCUT2D eigenvalue weighted by Crippen LogP contribution is -1.97. The Labute approximate surface area is 198 Å². The summed E-state index contributed by atoms with van der Waals surface area (Å²) in [5, 5.41) is 18.5. The molecule has 5 heteroatoms. The predicted octanol–water partition coefficient (Wildman–Crippen LogP) is 7.92. The van der Waals surface area contributed by atoms with Crippen molar-refractivity contribution in [1.82, 2.24) is 0 Å². The zero-order valence-electron chi connectivity index (χ0n) is 20.5. The molecule has 2 N–H and O–H groups in total. The highest BCUT2D eigenvalue weighted by Crippen LogP contribution is 2.20. The molecule has 0 spiro atoms. The SMILES string of the molecule is CCCCCCCC/C=C\CCCCCCCC(=O)O.Cc1cc(=O)oc2cc(O)ccc12. The third kappa shape index (κ3) is 14.3. The van der Waals surface area contributed by atoms with E-state index in [9.17, 15) is 9.59 Å². The van der Waals surface area contributed by atoms with Crippen LogP contribution in [-0.2, 0) is 4.79 Å². The molecule has 1 heterocycles. The van der Waals surface area contributed by atoms with Crippen LogP contribution < -0.4 is 5.63 Å². The van der Waals surface area contributed by atoms with Crippen LogP contribution in [0.4, 0.5) is 0 Å². The fraction of sp³-hybridized carbons (Fsp3) is 0.571. The number of fused-ring (bicyclic) bond motifs is 1. The number of phenolic OH excluding ortho intramolecular Hbond substituents is 1. The molecule has 33 heavy (non-hydrogen) atoms. The summed E-state index contributed by atoms with van der Waals surface area (Å²) < 4.78 is 4.91. The number of unbranched alkanes of at least 4 members (excludes halogenated alkanes) is 11. The summed E-state index contributed by atoms with van der Waals surface area (Å²) in [6.45, 7) is 4.09. The summed E-state index contributed by atoms with van der Waals surface area (Å²) in [7, 11) is 0. The number of aromatic hydroxyl groups is 1. The van der Waals surface area contributed by atoms with Gasteiger partial charge in [-0.05, 0) is 56.7 Å². The molecular weight excluding hydrogens is 416 g/mol. The van der Waals surface area contributed by atoms with Crippen LogP contribution in [0, 0.1) is 6.92 Å². The van der Waals surface area contributed by atoms with Crippen molar-refractivity contribution in [1.29, 1.82) is 0 Å². The fourth-order valence-electron chi connectivity index (χ4n) is 3.66. The molecule has 0 aliphatic heterocycles. The number of rotatable bonds is 15. The van der Waals surface area contributed by atoms with Crippen molar-refractivity contribution >= 4 is 16.9 Å². The van der Waals surface area contributed by atoms with Crippen molar-refractivity contribution in [2.45, 2.75) is 104 Å². The summed E-state index contributed by atoms with van der Waals surface area (Å²) in [5.74, 6) is -0.566. The monoisotopic (exact) mass is 458 g/mol. The number of aryl methyl sites for hydroxylation is 1. The van der Waals surface area contributed by atoms with E-state index < -0.39 is 11.6 Å². The lowest BCUT2D eigenvalue weighted by Gasteiger charge is -1.99. The van der Waals surface area contributed by atoms with Crippen LogP contribution in [0.3, 0.4) is 0 Å². The highest BCUT2D eigenvalue weighted by Gasteiger charge is 2.01. The maximum absolute atomic E-state index is 11.0. The molecule has 2 rings (SSSR count). The van der Waals surface area contributed by atoms with Crippen molar-refractivity contribution in [3.63, 3.8) is 0 Å². The van der Waals surface area contributed by atoms with Crippen LogP contribution in [0.1, 0.15) is 102 Å². The normalized spacial score (nSPS) is 11.0. The van der Waals surface area contributed by atoms with Gasteiger partial charge in [-0.1, -0.05) is 70.4 Å². The van der Waals surface area contributed by atoms with Crippen molar-refractivity contribution in [3.05, 3.63) is 52.4 Å². The van der Waals surface area contributed by atoms with Crippen molar-refractivity contribution in [3.8, 4) is 5.75 Å². The molecule has 2 aromatic rings. The van der Waals surface area contributed by atoms with Crippen LogP contribution in [0.2, 0.25) is 0 Å². The fourth-order valence-corrected chi connectivity index (χ4v) is 3.66. The van der Waals surface area contributed by atoms with Crippen molar-refractivity contribution in [2.24, 2.45) is 0 Å². The average Bonchev–Trinajstić information content (AvgIpc) is 2.76. The van der Waals surface area contributed by atoms with Crippen LogP contribution in [0.15, 0.2) is 45.6 Å². The predicted molar refractivity (Wildman–Crippen MR) is 136 cm³/mol. The topological polar surface area (TPSA) is 87.7 Å². The minimum absolute atomic E-state index is 0.0984. The molecule has 0 saturated carbocycles. The van der Waals surface area contributed by atoms with Gasteiger partial charge in [-0.2, -0.15) is 0 Å². The van der Waals surface area contributed by atoms with Crippen molar-refractivity contribution < 1.29 is 19.4 Å². The van der Waals surface area contributed by atoms with Crippen LogP contribution in [-0.4, -0.2) is 16.2 Å². The highest BCUT2D eigenvalue weighted by atomic mass is 16.4. The van der Waals surface area contributed by atoms with Crippen LogP contribution >= 0.6 is 0 Å². The number of phenols is 1. The maximum atomic E-state index is 11.0. The minimum atomic E-state index is -0.664. The van der Waals surface area contributed by atoms with E-state index in [-0.39, 0.29) is 5.75 Å². The summed E-state index contributed by atoms with van der Waals surface area (Å²) in [6.07, 6.45) is 21.2. The number of allylic oxidation sites excluding steroid dienone is 2. The Bertz CT molecular complexity index is 881. The number of aliphatic carboxylic acids is 1. The van der Waals surface area contributed by atoms with Gasteiger partial charge in [-0.25, -0.2) is 4.79 Å². The van der Waals surface area contributed by atoms with E-state index in [1.165, 1.54) is 82.8 Å². The maximum Gasteiger partial charge on any atom is 0.336 e. The number of benzene rings is 1. The molecular formula is C28H42O5. The van der Waals surface area contributed by atoms with E-state index in [4.69, 9.17) is 14.6 Å². The molecule has 0 fully saturated rings. The Hall–Kier alpha value is -2.56. The molecule has 1 aromatic heterocycles. The van der Waals surface area contributed by atoms with Crippen LogP contribution in [0.25, 0.3) is 11.0 Å². The van der Waals surface area contributed by atoms with Crippen LogP contribution in [0.5, 0.6) is 5.75 Å². The zero-order chi connectivity index (χ0) is 24.3. The Balaban J connectivity index is 0.000000357. The summed E-state index contributed by atoms with van der Waals surface area (Å²) >= 11 is 0. The van der Waals surface area contributed by atoms with E-state index >= 15 is 0 Å². The molecule has 0 saturated heterocycles. The van der Waals surface area contributed by atoms with E-state index in [1.807, 2.05) is 6.92 Å². The molecule has 0 radical (unpaired) electrons. The Morgan fingerprint density at radius 3 is 2.06 bits per heavy atom. The second-order valence-electron chi connectivity index (χ2n) is 8.66. The van der Waals surface area contributed by atoms with E-state index in [2.05, 4.69) is 19.1 Å². The van der Waals surface area contributed by atoms with E-state index in [1.54, 1.807) is 12.1 Å². The molecule has 0 bridgehead atoms. The third-order valence-electron chi connectivity index (χ3n) is 5.59.